The monoisotopic (exact) mass is 248 g/mol. The number of nitrogens with one attached hydrogen (secondary N) is 1. The maximum atomic E-state index is 11.6. The maximum Gasteiger partial charge on any atom is 0.335 e. The van der Waals surface area contributed by atoms with Crippen LogP contribution in [0.15, 0.2) is 24.3 Å². The van der Waals surface area contributed by atoms with Gasteiger partial charge in [0, 0.05) is 6.54 Å². The molecule has 0 spiro atoms. The van der Waals surface area contributed by atoms with E-state index in [1.54, 1.807) is 18.2 Å². The Morgan fingerprint density at radius 2 is 2.11 bits per heavy atom. The molecule has 1 amide bonds. The van der Waals surface area contributed by atoms with E-state index in [1.165, 1.54) is 0 Å². The van der Waals surface area contributed by atoms with Crippen LogP contribution in [-0.4, -0.2) is 29.1 Å². The van der Waals surface area contributed by atoms with Crippen molar-refractivity contribution in [1.82, 2.24) is 5.32 Å². The predicted octanol–water partition coefficient (Wildman–Crippen LogP) is 0.535. The van der Waals surface area contributed by atoms with E-state index >= 15 is 0 Å². The predicted molar refractivity (Wildman–Crippen MR) is 66.3 cm³/mol. The van der Waals surface area contributed by atoms with Crippen LogP contribution in [0.1, 0.15) is 28.8 Å². The van der Waals surface area contributed by atoms with E-state index in [0.29, 0.717) is 13.0 Å². The number of hydrogen-bond acceptors (Lipinski definition) is 3. The summed E-state index contributed by atoms with van der Waals surface area (Å²) in [5.41, 5.74) is 6.24. The average molecular weight is 248 g/mol. The highest BCUT2D eigenvalue weighted by molar-refractivity contribution is 5.89. The summed E-state index contributed by atoms with van der Waals surface area (Å²) >= 11 is 0. The zero-order valence-corrected chi connectivity index (χ0v) is 9.98. The zero-order chi connectivity index (χ0) is 13.2. The molecule has 0 unspecified atom stereocenters. The van der Waals surface area contributed by atoms with Crippen LogP contribution in [0, 0.1) is 0 Å². The standard InChI is InChI=1S/C13H16N2O3/c14-13(5-6-13)12(18)15-7-4-9-2-1-3-10(8-9)11(16)17/h1-3,8H,4-7,14H2,(H,15,18)(H,16,17). The average Bonchev–Trinajstić information content (AvgIpc) is 3.09. The third kappa shape index (κ3) is 2.87. The first-order valence-electron chi connectivity index (χ1n) is 5.91. The van der Waals surface area contributed by atoms with E-state index in [-0.39, 0.29) is 11.5 Å². The van der Waals surface area contributed by atoms with Gasteiger partial charge in [0.1, 0.15) is 0 Å². The lowest BCUT2D eigenvalue weighted by Crippen LogP contribution is -2.43. The second-order valence-corrected chi connectivity index (χ2v) is 4.67. The fraction of sp³-hybridized carbons (Fsp3) is 0.385. The minimum Gasteiger partial charge on any atom is -0.478 e. The lowest BCUT2D eigenvalue weighted by molar-refractivity contribution is -0.123. The molecule has 1 saturated carbocycles. The number of aromatic carboxylic acids is 1. The van der Waals surface area contributed by atoms with Crippen molar-refractivity contribution in [2.45, 2.75) is 24.8 Å². The molecule has 0 heterocycles. The van der Waals surface area contributed by atoms with Crippen LogP contribution < -0.4 is 11.1 Å². The molecule has 1 fully saturated rings. The van der Waals surface area contributed by atoms with Gasteiger partial charge in [-0.2, -0.15) is 0 Å². The topological polar surface area (TPSA) is 92.4 Å². The molecule has 1 aliphatic rings. The maximum absolute atomic E-state index is 11.6. The van der Waals surface area contributed by atoms with Crippen molar-refractivity contribution in [3.05, 3.63) is 35.4 Å². The highest BCUT2D eigenvalue weighted by Gasteiger charge is 2.45. The molecule has 5 heteroatoms. The van der Waals surface area contributed by atoms with Crippen LogP contribution in [0.25, 0.3) is 0 Å². The summed E-state index contributed by atoms with van der Waals surface area (Å²) < 4.78 is 0. The number of hydrogen-bond donors (Lipinski definition) is 3. The van der Waals surface area contributed by atoms with Crippen LogP contribution in [0.3, 0.4) is 0 Å². The van der Waals surface area contributed by atoms with Gasteiger partial charge < -0.3 is 16.2 Å². The van der Waals surface area contributed by atoms with Crippen molar-refractivity contribution in [1.29, 1.82) is 0 Å². The molecule has 0 atom stereocenters. The molecular weight excluding hydrogens is 232 g/mol. The summed E-state index contributed by atoms with van der Waals surface area (Å²) in [6, 6.07) is 6.70. The van der Waals surface area contributed by atoms with E-state index in [2.05, 4.69) is 5.32 Å². The minimum absolute atomic E-state index is 0.114. The SMILES string of the molecule is NC1(C(=O)NCCc2cccc(C(=O)O)c2)CC1. The van der Waals surface area contributed by atoms with Crippen molar-refractivity contribution in [3.63, 3.8) is 0 Å². The Hall–Kier alpha value is -1.88. The second kappa shape index (κ2) is 4.78. The molecule has 0 radical (unpaired) electrons. The van der Waals surface area contributed by atoms with Gasteiger partial charge in [0.2, 0.25) is 5.91 Å². The Morgan fingerprint density at radius 1 is 1.39 bits per heavy atom. The summed E-state index contributed by atoms with van der Waals surface area (Å²) in [7, 11) is 0. The number of carbonyl (C=O) groups excluding carboxylic acids is 1. The molecule has 0 bridgehead atoms. The molecule has 5 nitrogen and oxygen atoms in total. The van der Waals surface area contributed by atoms with Crippen molar-refractivity contribution in [2.24, 2.45) is 5.73 Å². The Morgan fingerprint density at radius 3 is 2.72 bits per heavy atom. The summed E-state index contributed by atoms with van der Waals surface area (Å²) in [6.07, 6.45) is 2.09. The third-order valence-electron chi connectivity index (χ3n) is 3.11. The smallest absolute Gasteiger partial charge is 0.335 e. The Bertz CT molecular complexity index is 481. The van der Waals surface area contributed by atoms with Crippen LogP contribution in [-0.2, 0) is 11.2 Å². The quantitative estimate of drug-likeness (QED) is 0.709. The number of carboxylic acid groups (broad SMARTS) is 1. The van der Waals surface area contributed by atoms with Gasteiger partial charge in [-0.15, -0.1) is 0 Å². The first-order valence-corrected chi connectivity index (χ1v) is 5.91. The molecule has 4 N–H and O–H groups in total. The third-order valence-corrected chi connectivity index (χ3v) is 3.11. The van der Waals surface area contributed by atoms with Crippen LogP contribution in [0.5, 0.6) is 0 Å². The van der Waals surface area contributed by atoms with Crippen molar-refractivity contribution >= 4 is 11.9 Å². The van der Waals surface area contributed by atoms with Gasteiger partial charge in [0.15, 0.2) is 0 Å². The normalized spacial score (nSPS) is 16.1. The first kappa shape index (κ1) is 12.6. The fourth-order valence-corrected chi connectivity index (χ4v) is 1.72. The first-order chi connectivity index (χ1) is 8.51. The van der Waals surface area contributed by atoms with Gasteiger partial charge in [0.25, 0.3) is 0 Å². The summed E-state index contributed by atoms with van der Waals surface area (Å²) in [4.78, 5) is 22.4. The van der Waals surface area contributed by atoms with E-state index in [4.69, 9.17) is 10.8 Å². The Balaban J connectivity index is 1.85. The molecule has 18 heavy (non-hydrogen) atoms. The molecular formula is C13H16N2O3. The van der Waals surface area contributed by atoms with E-state index in [9.17, 15) is 9.59 Å². The minimum atomic E-state index is -0.945. The largest absolute Gasteiger partial charge is 0.478 e. The van der Waals surface area contributed by atoms with Crippen LogP contribution in [0.4, 0.5) is 0 Å². The number of carboxylic acids is 1. The Labute approximate surface area is 105 Å². The number of amides is 1. The molecule has 96 valence electrons. The number of carbonyl (C=O) groups is 2. The van der Waals surface area contributed by atoms with Crippen molar-refractivity contribution in [2.75, 3.05) is 6.54 Å². The summed E-state index contributed by atoms with van der Waals surface area (Å²) in [5.74, 6) is -1.06. The molecule has 2 rings (SSSR count). The van der Waals surface area contributed by atoms with Crippen molar-refractivity contribution in [3.8, 4) is 0 Å². The molecule has 0 saturated heterocycles. The van der Waals surface area contributed by atoms with E-state index < -0.39 is 11.5 Å². The van der Waals surface area contributed by atoms with Crippen molar-refractivity contribution < 1.29 is 14.7 Å². The number of rotatable bonds is 5. The lowest BCUT2D eigenvalue weighted by Gasteiger charge is -2.10. The van der Waals surface area contributed by atoms with E-state index in [0.717, 1.165) is 18.4 Å². The number of nitrogens with two attached hydrogens (primary N) is 1. The van der Waals surface area contributed by atoms with Gasteiger partial charge in [-0.1, -0.05) is 12.1 Å². The molecule has 1 aromatic carbocycles. The van der Waals surface area contributed by atoms with Gasteiger partial charge in [0.05, 0.1) is 11.1 Å². The van der Waals surface area contributed by atoms with E-state index in [1.807, 2.05) is 6.07 Å². The zero-order valence-electron chi connectivity index (χ0n) is 9.98. The lowest BCUT2D eigenvalue weighted by atomic mass is 10.1. The van der Waals surface area contributed by atoms with Crippen LogP contribution in [0.2, 0.25) is 0 Å². The van der Waals surface area contributed by atoms with Gasteiger partial charge >= 0.3 is 5.97 Å². The molecule has 1 aliphatic carbocycles. The van der Waals surface area contributed by atoms with Crippen LogP contribution >= 0.6 is 0 Å². The highest BCUT2D eigenvalue weighted by atomic mass is 16.4. The highest BCUT2D eigenvalue weighted by Crippen LogP contribution is 2.31. The van der Waals surface area contributed by atoms with Gasteiger partial charge in [-0.3, -0.25) is 4.79 Å². The summed E-state index contributed by atoms with van der Waals surface area (Å²) in [5, 5.41) is 11.6. The number of benzene rings is 1. The second-order valence-electron chi connectivity index (χ2n) is 4.67. The molecule has 1 aromatic rings. The van der Waals surface area contributed by atoms with Gasteiger partial charge in [-0.05, 0) is 37.0 Å². The molecule has 0 aliphatic heterocycles. The fourth-order valence-electron chi connectivity index (χ4n) is 1.72. The van der Waals surface area contributed by atoms with Gasteiger partial charge in [-0.25, -0.2) is 4.79 Å². The Kier molecular flexibility index (Phi) is 3.34. The molecule has 0 aromatic heterocycles. The summed E-state index contributed by atoms with van der Waals surface area (Å²) in [6.45, 7) is 0.473.